The lowest BCUT2D eigenvalue weighted by Crippen LogP contribution is -2.14. The molecule has 6 heteroatoms. The van der Waals surface area contributed by atoms with Crippen LogP contribution in [-0.4, -0.2) is 44.7 Å². The van der Waals surface area contributed by atoms with E-state index in [1.165, 1.54) is 30.1 Å². The molecule has 15 heavy (non-hydrogen) atoms. The number of hydrogen-bond donors (Lipinski definition) is 3. The van der Waals surface area contributed by atoms with E-state index in [0.29, 0.717) is 5.03 Å². The molecule has 5 nitrogen and oxygen atoms in total. The summed E-state index contributed by atoms with van der Waals surface area (Å²) in [6, 6.07) is 2.83. The Kier molecular flexibility index (Phi) is 4.54. The molecule has 0 saturated carbocycles. The van der Waals surface area contributed by atoms with Gasteiger partial charge in [0.25, 0.3) is 0 Å². The van der Waals surface area contributed by atoms with Crippen molar-refractivity contribution in [3.8, 4) is 0 Å². The maximum atomic E-state index is 10.6. The first-order valence-corrected chi connectivity index (χ1v) is 5.23. The van der Waals surface area contributed by atoms with Crippen LogP contribution in [0.5, 0.6) is 0 Å². The molecular formula is C9H11NO4S. The minimum Gasteiger partial charge on any atom is -0.478 e. The van der Waals surface area contributed by atoms with Crippen molar-refractivity contribution in [2.45, 2.75) is 11.1 Å². The standard InChI is InChI=1S/C9H11NO4S/c11-4-7(12)5-15-8-3-6(9(13)14)1-2-10-8/h1-3,7,11-12H,4-5H2,(H,13,14). The fraction of sp³-hybridized carbons (Fsp3) is 0.333. The van der Waals surface area contributed by atoms with Crippen molar-refractivity contribution >= 4 is 17.7 Å². The van der Waals surface area contributed by atoms with Crippen molar-refractivity contribution in [2.75, 3.05) is 12.4 Å². The van der Waals surface area contributed by atoms with Gasteiger partial charge in [0.2, 0.25) is 0 Å². The van der Waals surface area contributed by atoms with Crippen LogP contribution >= 0.6 is 11.8 Å². The van der Waals surface area contributed by atoms with Gasteiger partial charge in [-0.25, -0.2) is 9.78 Å². The predicted octanol–water partition coefficient (Wildman–Crippen LogP) is 0.225. The van der Waals surface area contributed by atoms with Gasteiger partial charge < -0.3 is 15.3 Å². The first-order chi connectivity index (χ1) is 7.13. The van der Waals surface area contributed by atoms with Crippen molar-refractivity contribution in [3.63, 3.8) is 0 Å². The topological polar surface area (TPSA) is 90.7 Å². The first-order valence-electron chi connectivity index (χ1n) is 4.24. The van der Waals surface area contributed by atoms with Gasteiger partial charge in [-0.15, -0.1) is 11.8 Å². The van der Waals surface area contributed by atoms with E-state index < -0.39 is 12.1 Å². The highest BCUT2D eigenvalue weighted by Crippen LogP contribution is 2.17. The zero-order valence-corrected chi connectivity index (χ0v) is 8.65. The number of hydrogen-bond acceptors (Lipinski definition) is 5. The fourth-order valence-electron chi connectivity index (χ4n) is 0.856. The molecule has 3 N–H and O–H groups in total. The Labute approximate surface area is 90.8 Å². The van der Waals surface area contributed by atoms with Crippen molar-refractivity contribution in [1.82, 2.24) is 4.98 Å². The second kappa shape index (κ2) is 5.69. The number of pyridine rings is 1. The van der Waals surface area contributed by atoms with Gasteiger partial charge in [-0.05, 0) is 12.1 Å². The first kappa shape index (κ1) is 12.0. The van der Waals surface area contributed by atoms with Crippen LogP contribution in [-0.2, 0) is 0 Å². The number of nitrogens with zero attached hydrogens (tertiary/aromatic N) is 1. The lowest BCUT2D eigenvalue weighted by molar-refractivity contribution is 0.0696. The Hall–Kier alpha value is -1.11. The minimum atomic E-state index is -1.01. The van der Waals surface area contributed by atoms with Gasteiger partial charge in [0.1, 0.15) is 0 Å². The number of aromatic nitrogens is 1. The third kappa shape index (κ3) is 3.86. The lowest BCUT2D eigenvalue weighted by Gasteiger charge is -2.05. The molecule has 0 aliphatic carbocycles. The number of carboxylic acids is 1. The lowest BCUT2D eigenvalue weighted by atomic mass is 10.3. The van der Waals surface area contributed by atoms with E-state index in [1.807, 2.05) is 0 Å². The molecule has 1 unspecified atom stereocenters. The molecule has 0 bridgehead atoms. The van der Waals surface area contributed by atoms with Gasteiger partial charge in [0.15, 0.2) is 0 Å². The Morgan fingerprint density at radius 2 is 2.33 bits per heavy atom. The molecule has 0 aliphatic heterocycles. The van der Waals surface area contributed by atoms with E-state index >= 15 is 0 Å². The van der Waals surface area contributed by atoms with Gasteiger partial charge in [0.05, 0.1) is 23.3 Å². The van der Waals surface area contributed by atoms with Crippen LogP contribution in [0.1, 0.15) is 10.4 Å². The van der Waals surface area contributed by atoms with Crippen LogP contribution in [0, 0.1) is 0 Å². The molecule has 0 aliphatic rings. The number of thioether (sulfide) groups is 1. The predicted molar refractivity (Wildman–Crippen MR) is 55.0 cm³/mol. The normalized spacial score (nSPS) is 12.4. The summed E-state index contributed by atoms with van der Waals surface area (Å²) in [5.41, 5.74) is 0.158. The van der Waals surface area contributed by atoms with E-state index in [4.69, 9.17) is 15.3 Å². The number of carbonyl (C=O) groups is 1. The molecule has 0 amide bonds. The molecule has 0 aromatic carbocycles. The Morgan fingerprint density at radius 3 is 2.93 bits per heavy atom. The van der Waals surface area contributed by atoms with Gasteiger partial charge >= 0.3 is 5.97 Å². The van der Waals surface area contributed by atoms with E-state index in [0.717, 1.165) is 0 Å². The average molecular weight is 229 g/mol. The van der Waals surface area contributed by atoms with E-state index in [9.17, 15) is 4.79 Å². The van der Waals surface area contributed by atoms with Gasteiger partial charge in [0, 0.05) is 11.9 Å². The Morgan fingerprint density at radius 1 is 1.60 bits per heavy atom. The number of carboxylic acid groups (broad SMARTS) is 1. The molecule has 1 aromatic heterocycles. The number of rotatable bonds is 5. The smallest absolute Gasteiger partial charge is 0.335 e. The quantitative estimate of drug-likeness (QED) is 0.626. The zero-order valence-electron chi connectivity index (χ0n) is 7.83. The minimum absolute atomic E-state index is 0.158. The molecule has 0 fully saturated rings. The number of aliphatic hydroxyl groups is 2. The van der Waals surface area contributed by atoms with Crippen LogP contribution in [0.3, 0.4) is 0 Å². The summed E-state index contributed by atoms with van der Waals surface area (Å²) < 4.78 is 0. The monoisotopic (exact) mass is 229 g/mol. The van der Waals surface area contributed by atoms with E-state index in [-0.39, 0.29) is 17.9 Å². The van der Waals surface area contributed by atoms with Crippen LogP contribution in [0.4, 0.5) is 0 Å². The molecule has 0 spiro atoms. The SMILES string of the molecule is O=C(O)c1ccnc(SCC(O)CO)c1. The summed E-state index contributed by atoms with van der Waals surface area (Å²) in [5.74, 6) is -0.728. The summed E-state index contributed by atoms with van der Waals surface area (Å²) in [7, 11) is 0. The average Bonchev–Trinajstić information content (AvgIpc) is 2.26. The Bertz CT molecular complexity index is 345. The highest BCUT2D eigenvalue weighted by Gasteiger charge is 2.07. The molecular weight excluding hydrogens is 218 g/mol. The van der Waals surface area contributed by atoms with Gasteiger partial charge in [-0.1, -0.05) is 0 Å². The number of aliphatic hydroxyl groups excluding tert-OH is 2. The molecule has 1 aromatic rings. The molecule has 1 rings (SSSR count). The summed E-state index contributed by atoms with van der Waals surface area (Å²) in [6.07, 6.45) is 0.585. The van der Waals surface area contributed by atoms with Crippen molar-refractivity contribution in [1.29, 1.82) is 0 Å². The van der Waals surface area contributed by atoms with Crippen LogP contribution in [0.15, 0.2) is 23.4 Å². The van der Waals surface area contributed by atoms with Crippen molar-refractivity contribution in [2.24, 2.45) is 0 Å². The molecule has 1 atom stereocenters. The molecule has 82 valence electrons. The maximum Gasteiger partial charge on any atom is 0.335 e. The summed E-state index contributed by atoms with van der Waals surface area (Å²) in [4.78, 5) is 14.6. The molecule has 1 heterocycles. The van der Waals surface area contributed by atoms with Crippen LogP contribution in [0.2, 0.25) is 0 Å². The Balaban J connectivity index is 2.62. The highest BCUT2D eigenvalue weighted by molar-refractivity contribution is 7.99. The largest absolute Gasteiger partial charge is 0.478 e. The molecule has 0 radical (unpaired) electrons. The molecule has 0 saturated heterocycles. The van der Waals surface area contributed by atoms with Crippen LogP contribution in [0.25, 0.3) is 0 Å². The fourth-order valence-corrected chi connectivity index (χ4v) is 1.67. The van der Waals surface area contributed by atoms with E-state index in [1.54, 1.807) is 0 Å². The second-order valence-corrected chi connectivity index (χ2v) is 3.88. The highest BCUT2D eigenvalue weighted by atomic mass is 32.2. The van der Waals surface area contributed by atoms with Crippen molar-refractivity contribution < 1.29 is 20.1 Å². The van der Waals surface area contributed by atoms with E-state index in [2.05, 4.69) is 4.98 Å². The third-order valence-electron chi connectivity index (χ3n) is 1.62. The van der Waals surface area contributed by atoms with Gasteiger partial charge in [-0.3, -0.25) is 0 Å². The van der Waals surface area contributed by atoms with Gasteiger partial charge in [-0.2, -0.15) is 0 Å². The van der Waals surface area contributed by atoms with Crippen LogP contribution < -0.4 is 0 Å². The zero-order chi connectivity index (χ0) is 11.3. The summed E-state index contributed by atoms with van der Waals surface area (Å²) >= 11 is 1.20. The second-order valence-electron chi connectivity index (χ2n) is 2.84. The third-order valence-corrected chi connectivity index (χ3v) is 2.69. The number of aromatic carboxylic acids is 1. The summed E-state index contributed by atoms with van der Waals surface area (Å²) in [6.45, 7) is -0.314. The summed E-state index contributed by atoms with van der Waals surface area (Å²) in [5, 5.41) is 26.9. The van der Waals surface area contributed by atoms with Crippen molar-refractivity contribution in [3.05, 3.63) is 23.9 Å². The maximum absolute atomic E-state index is 10.6.